The number of hydrogen-bond donors (Lipinski definition) is 7. The van der Waals surface area contributed by atoms with Crippen LogP contribution >= 0.6 is 0 Å². The van der Waals surface area contributed by atoms with E-state index < -0.39 is 85.7 Å². The van der Waals surface area contributed by atoms with E-state index in [1.807, 2.05) is 20.8 Å². The molecular weight excluding hydrogens is 402 g/mol. The average molecular weight is 437 g/mol. The molecule has 0 radical (unpaired) electrons. The Morgan fingerprint density at radius 2 is 1.53 bits per heavy atom. The Morgan fingerprint density at radius 3 is 2.03 bits per heavy atom. The topological polar surface area (TPSA) is 178 Å². The van der Waals surface area contributed by atoms with Crippen LogP contribution in [0.2, 0.25) is 0 Å². The molecule has 0 bridgehead atoms. The number of rotatable bonds is 7. The summed E-state index contributed by atoms with van der Waals surface area (Å²) < 4.78 is 17.1. The van der Waals surface area contributed by atoms with Crippen LogP contribution in [0.5, 0.6) is 0 Å². The predicted molar refractivity (Wildman–Crippen MR) is 102 cm³/mol. The lowest BCUT2D eigenvalue weighted by Gasteiger charge is -2.51. The number of aliphatic hydroxyl groups is 6. The largest absolute Gasteiger partial charge is 0.394 e. The molecule has 2 rings (SSSR count). The number of aliphatic hydroxyl groups excluding tert-OH is 6. The minimum Gasteiger partial charge on any atom is -0.394 e. The van der Waals surface area contributed by atoms with Crippen molar-refractivity contribution in [3.63, 3.8) is 0 Å². The SMILES string of the molecule is CCC(C)(C)[C@@H]1OC(CO)[C@H](O)C(O[C@@H]2OC(CO)[C@H](O)C(O)C2O)C1NC(C)=O. The molecule has 0 saturated carbocycles. The average Bonchev–Trinajstić information content (AvgIpc) is 2.70. The molecule has 7 N–H and O–H groups in total. The fourth-order valence-electron chi connectivity index (χ4n) is 3.86. The standard InChI is InChI=1S/C19H35NO10/c1-5-19(3,4)17-11(20-8(2)23)16(13(25)10(7-22)28-17)30-18-15(27)14(26)12(24)9(6-21)29-18/h9-18,21-22,24-27H,5-7H2,1-4H3,(H,20,23)/t9?,10?,11?,12-,13-,14?,15?,16?,17+,18-/m0/s1. The Bertz CT molecular complexity index is 574. The van der Waals surface area contributed by atoms with Crippen molar-refractivity contribution in [2.45, 2.75) is 95.3 Å². The van der Waals surface area contributed by atoms with Gasteiger partial charge in [0.2, 0.25) is 5.91 Å². The second-order valence-electron chi connectivity index (χ2n) is 8.63. The Morgan fingerprint density at radius 1 is 0.967 bits per heavy atom. The van der Waals surface area contributed by atoms with Gasteiger partial charge in [0, 0.05) is 6.92 Å². The van der Waals surface area contributed by atoms with Crippen LogP contribution in [0.1, 0.15) is 34.1 Å². The Kier molecular flexibility index (Phi) is 8.59. The Balaban J connectivity index is 2.37. The molecule has 2 aliphatic rings. The summed E-state index contributed by atoms with van der Waals surface area (Å²) in [6.45, 7) is 5.89. The summed E-state index contributed by atoms with van der Waals surface area (Å²) in [4.78, 5) is 11.9. The molecule has 6 unspecified atom stereocenters. The van der Waals surface area contributed by atoms with Crippen molar-refractivity contribution in [1.29, 1.82) is 0 Å². The van der Waals surface area contributed by atoms with E-state index in [4.69, 9.17) is 14.2 Å². The third kappa shape index (κ3) is 5.12. The zero-order valence-corrected chi connectivity index (χ0v) is 17.7. The highest BCUT2D eigenvalue weighted by molar-refractivity contribution is 5.73. The van der Waals surface area contributed by atoms with Crippen LogP contribution < -0.4 is 5.32 Å². The van der Waals surface area contributed by atoms with Crippen molar-refractivity contribution >= 4 is 5.91 Å². The van der Waals surface area contributed by atoms with Crippen LogP contribution in [0.3, 0.4) is 0 Å². The van der Waals surface area contributed by atoms with Gasteiger partial charge in [0.05, 0.1) is 25.4 Å². The number of ether oxygens (including phenoxy) is 3. The van der Waals surface area contributed by atoms with Crippen molar-refractivity contribution in [3.05, 3.63) is 0 Å². The first-order valence-corrected chi connectivity index (χ1v) is 10.2. The molecule has 0 spiro atoms. The quantitative estimate of drug-likeness (QED) is 0.221. The second-order valence-corrected chi connectivity index (χ2v) is 8.63. The highest BCUT2D eigenvalue weighted by atomic mass is 16.7. The van der Waals surface area contributed by atoms with Gasteiger partial charge in [0.15, 0.2) is 6.29 Å². The summed E-state index contributed by atoms with van der Waals surface area (Å²) in [6, 6.07) is -0.873. The van der Waals surface area contributed by atoms with E-state index in [0.29, 0.717) is 6.42 Å². The van der Waals surface area contributed by atoms with Crippen LogP contribution in [-0.4, -0.2) is 111 Å². The molecule has 2 heterocycles. The summed E-state index contributed by atoms with van der Waals surface area (Å²) in [5, 5.41) is 62.9. The molecule has 2 saturated heterocycles. The van der Waals surface area contributed by atoms with Gasteiger partial charge < -0.3 is 50.2 Å². The number of carbonyl (C=O) groups excluding carboxylic acids is 1. The zero-order valence-electron chi connectivity index (χ0n) is 17.7. The van der Waals surface area contributed by atoms with E-state index in [-0.39, 0.29) is 0 Å². The molecule has 11 heteroatoms. The number of hydrogen-bond acceptors (Lipinski definition) is 10. The molecule has 176 valence electrons. The molecule has 2 fully saturated rings. The van der Waals surface area contributed by atoms with Gasteiger partial charge in [-0.25, -0.2) is 0 Å². The normalized spacial score (nSPS) is 42.7. The summed E-state index contributed by atoms with van der Waals surface area (Å²) in [7, 11) is 0. The third-order valence-corrected chi connectivity index (χ3v) is 6.09. The fourth-order valence-corrected chi connectivity index (χ4v) is 3.86. The van der Waals surface area contributed by atoms with Crippen molar-refractivity contribution in [1.82, 2.24) is 5.32 Å². The van der Waals surface area contributed by atoms with Gasteiger partial charge in [-0.2, -0.15) is 0 Å². The smallest absolute Gasteiger partial charge is 0.217 e. The molecule has 11 nitrogen and oxygen atoms in total. The highest BCUT2D eigenvalue weighted by Crippen LogP contribution is 2.38. The van der Waals surface area contributed by atoms with Gasteiger partial charge in [-0.3, -0.25) is 4.79 Å². The van der Waals surface area contributed by atoms with Crippen molar-refractivity contribution in [2.24, 2.45) is 5.41 Å². The van der Waals surface area contributed by atoms with E-state index in [2.05, 4.69) is 5.32 Å². The van der Waals surface area contributed by atoms with Crippen LogP contribution in [0.4, 0.5) is 0 Å². The zero-order chi connectivity index (χ0) is 22.8. The lowest BCUT2D eigenvalue weighted by atomic mass is 9.75. The highest BCUT2D eigenvalue weighted by Gasteiger charge is 2.53. The van der Waals surface area contributed by atoms with Gasteiger partial charge >= 0.3 is 0 Å². The minimum absolute atomic E-state index is 0.405. The van der Waals surface area contributed by atoms with Crippen LogP contribution in [0, 0.1) is 5.41 Å². The van der Waals surface area contributed by atoms with E-state index in [0.717, 1.165) is 0 Å². The first kappa shape index (κ1) is 25.4. The van der Waals surface area contributed by atoms with E-state index in [9.17, 15) is 35.4 Å². The summed E-state index contributed by atoms with van der Waals surface area (Å²) in [5.74, 6) is -0.405. The van der Waals surface area contributed by atoms with Gasteiger partial charge in [0.1, 0.15) is 42.7 Å². The maximum atomic E-state index is 11.9. The lowest BCUT2D eigenvalue weighted by molar-refractivity contribution is -0.335. The second kappa shape index (κ2) is 10.2. The lowest BCUT2D eigenvalue weighted by Crippen LogP contribution is -2.69. The molecule has 0 aliphatic carbocycles. The third-order valence-electron chi connectivity index (χ3n) is 6.09. The van der Waals surface area contributed by atoms with Gasteiger partial charge in [-0.05, 0) is 11.8 Å². The molecule has 2 aliphatic heterocycles. The molecule has 0 aromatic rings. The maximum Gasteiger partial charge on any atom is 0.217 e. The molecule has 30 heavy (non-hydrogen) atoms. The molecule has 0 aromatic heterocycles. The van der Waals surface area contributed by atoms with E-state index in [1.165, 1.54) is 6.92 Å². The molecule has 1 amide bonds. The van der Waals surface area contributed by atoms with Crippen LogP contribution in [-0.2, 0) is 19.0 Å². The Labute approximate surface area is 175 Å². The Hall–Kier alpha value is -0.890. The van der Waals surface area contributed by atoms with Gasteiger partial charge in [-0.1, -0.05) is 20.8 Å². The van der Waals surface area contributed by atoms with Crippen molar-refractivity contribution < 1.29 is 49.6 Å². The van der Waals surface area contributed by atoms with Gasteiger partial charge in [0.25, 0.3) is 0 Å². The minimum atomic E-state index is -1.68. The first-order chi connectivity index (χ1) is 14.0. The maximum absolute atomic E-state index is 11.9. The van der Waals surface area contributed by atoms with Crippen LogP contribution in [0.15, 0.2) is 0 Å². The number of nitrogens with one attached hydrogen (secondary N) is 1. The van der Waals surface area contributed by atoms with Crippen molar-refractivity contribution in [2.75, 3.05) is 13.2 Å². The summed E-state index contributed by atoms with van der Waals surface area (Å²) in [5.41, 5.74) is -0.488. The first-order valence-electron chi connectivity index (χ1n) is 10.2. The predicted octanol–water partition coefficient (Wildman–Crippen LogP) is -2.77. The number of carbonyl (C=O) groups is 1. The van der Waals surface area contributed by atoms with E-state index in [1.54, 1.807) is 0 Å². The summed E-state index contributed by atoms with van der Waals surface area (Å²) in [6.07, 6.45) is -11.2. The monoisotopic (exact) mass is 437 g/mol. The fraction of sp³-hybridized carbons (Fsp3) is 0.947. The van der Waals surface area contributed by atoms with Gasteiger partial charge in [-0.15, -0.1) is 0 Å². The van der Waals surface area contributed by atoms with Crippen molar-refractivity contribution in [3.8, 4) is 0 Å². The van der Waals surface area contributed by atoms with Crippen LogP contribution in [0.25, 0.3) is 0 Å². The molecule has 0 aromatic carbocycles. The molecule has 10 atom stereocenters. The van der Waals surface area contributed by atoms with E-state index >= 15 is 0 Å². The summed E-state index contributed by atoms with van der Waals surface area (Å²) >= 11 is 0. The molecular formula is C19H35NO10. The number of amides is 1.